The minimum absolute atomic E-state index is 0.0357. The molecule has 3 rings (SSSR count). The van der Waals surface area contributed by atoms with Crippen molar-refractivity contribution in [2.24, 2.45) is 0 Å². The number of carboxylic acids is 1. The number of likely N-dealkylation sites (tertiary alicyclic amines) is 1. The topological polar surface area (TPSA) is 85.4 Å². The van der Waals surface area contributed by atoms with Gasteiger partial charge in [0.05, 0.1) is 19.3 Å². The van der Waals surface area contributed by atoms with Gasteiger partial charge in [0.15, 0.2) is 0 Å². The molecule has 0 radical (unpaired) electrons. The van der Waals surface area contributed by atoms with E-state index in [0.29, 0.717) is 12.1 Å². The van der Waals surface area contributed by atoms with E-state index in [9.17, 15) is 9.59 Å². The Balaban J connectivity index is 1.36. The van der Waals surface area contributed by atoms with Crippen LogP contribution in [0.5, 0.6) is 0 Å². The van der Waals surface area contributed by atoms with Crippen LogP contribution >= 0.6 is 0 Å². The number of aliphatic carboxylic acids is 1. The number of carboxylic acid groups (broad SMARTS) is 1. The van der Waals surface area contributed by atoms with Crippen molar-refractivity contribution >= 4 is 12.0 Å². The van der Waals surface area contributed by atoms with Crippen molar-refractivity contribution in [3.63, 3.8) is 0 Å². The molecule has 0 aromatic rings. The van der Waals surface area contributed by atoms with Gasteiger partial charge in [-0.1, -0.05) is 6.92 Å². The summed E-state index contributed by atoms with van der Waals surface area (Å²) in [6, 6.07) is 1.03. The van der Waals surface area contributed by atoms with Crippen LogP contribution in [0.15, 0.2) is 0 Å². The van der Waals surface area contributed by atoms with E-state index < -0.39 is 5.97 Å². The first-order valence-electron chi connectivity index (χ1n) is 10.3. The standard InChI is InChI=1S/C19H34N4O4/c1-3-21(13-18(24)25)17-10-15(11-17)20-19(26)22-6-4-16(5-7-22)23-8-9-27-14(2)12-23/h14-17H,3-13H2,1-2H3,(H,20,26)(H,24,25). The Morgan fingerprint density at radius 2 is 1.93 bits per heavy atom. The van der Waals surface area contributed by atoms with Gasteiger partial charge < -0.3 is 20.1 Å². The molecule has 1 atom stereocenters. The zero-order valence-corrected chi connectivity index (χ0v) is 16.6. The van der Waals surface area contributed by atoms with Crippen LogP contribution in [0.3, 0.4) is 0 Å². The van der Waals surface area contributed by atoms with E-state index in [1.54, 1.807) is 0 Å². The summed E-state index contributed by atoms with van der Waals surface area (Å²) in [7, 11) is 0. The molecule has 0 bridgehead atoms. The summed E-state index contributed by atoms with van der Waals surface area (Å²) in [5, 5.41) is 12.1. The molecule has 3 fully saturated rings. The molecule has 8 heteroatoms. The van der Waals surface area contributed by atoms with Crippen LogP contribution in [0.1, 0.15) is 39.5 Å². The fourth-order valence-corrected chi connectivity index (χ4v) is 4.55. The van der Waals surface area contributed by atoms with E-state index in [1.807, 2.05) is 16.7 Å². The Bertz CT molecular complexity index is 518. The number of hydrogen-bond donors (Lipinski definition) is 2. The Hall–Kier alpha value is -1.38. The van der Waals surface area contributed by atoms with Gasteiger partial charge in [-0.2, -0.15) is 0 Å². The van der Waals surface area contributed by atoms with Crippen molar-refractivity contribution in [1.82, 2.24) is 20.0 Å². The molecule has 1 aliphatic carbocycles. The zero-order chi connectivity index (χ0) is 19.4. The highest BCUT2D eigenvalue weighted by Crippen LogP contribution is 2.26. The van der Waals surface area contributed by atoms with Crippen molar-refractivity contribution in [2.75, 3.05) is 45.9 Å². The van der Waals surface area contributed by atoms with E-state index >= 15 is 0 Å². The summed E-state index contributed by atoms with van der Waals surface area (Å²) in [4.78, 5) is 29.9. The zero-order valence-electron chi connectivity index (χ0n) is 16.6. The van der Waals surface area contributed by atoms with Crippen molar-refractivity contribution in [3.05, 3.63) is 0 Å². The second kappa shape index (κ2) is 9.21. The number of urea groups is 1. The molecular formula is C19H34N4O4. The molecule has 0 aromatic heterocycles. The fraction of sp³-hybridized carbons (Fsp3) is 0.895. The Labute approximate surface area is 161 Å². The van der Waals surface area contributed by atoms with Gasteiger partial charge in [-0.25, -0.2) is 4.79 Å². The first-order valence-corrected chi connectivity index (χ1v) is 10.3. The third-order valence-corrected chi connectivity index (χ3v) is 6.24. The van der Waals surface area contributed by atoms with E-state index in [-0.39, 0.29) is 24.7 Å². The highest BCUT2D eigenvalue weighted by molar-refractivity contribution is 5.74. The molecule has 1 unspecified atom stereocenters. The molecule has 0 spiro atoms. The van der Waals surface area contributed by atoms with Gasteiger partial charge in [0.2, 0.25) is 0 Å². The molecule has 154 valence electrons. The van der Waals surface area contributed by atoms with Gasteiger partial charge in [-0.15, -0.1) is 0 Å². The summed E-state index contributed by atoms with van der Waals surface area (Å²) >= 11 is 0. The lowest BCUT2D eigenvalue weighted by Crippen LogP contribution is -2.58. The summed E-state index contributed by atoms with van der Waals surface area (Å²) in [6.07, 6.45) is 4.03. The maximum absolute atomic E-state index is 12.5. The maximum Gasteiger partial charge on any atom is 0.317 e. The average Bonchev–Trinajstić information content (AvgIpc) is 2.62. The Morgan fingerprint density at radius 1 is 1.22 bits per heavy atom. The van der Waals surface area contributed by atoms with Gasteiger partial charge in [-0.05, 0) is 39.2 Å². The van der Waals surface area contributed by atoms with Gasteiger partial charge >= 0.3 is 12.0 Å². The Morgan fingerprint density at radius 3 is 2.52 bits per heavy atom. The van der Waals surface area contributed by atoms with Gasteiger partial charge in [0, 0.05) is 44.3 Å². The Kier molecular flexibility index (Phi) is 6.94. The van der Waals surface area contributed by atoms with Crippen LogP contribution in [0.4, 0.5) is 4.79 Å². The van der Waals surface area contributed by atoms with Crippen molar-refractivity contribution in [2.45, 2.75) is 63.8 Å². The molecule has 1 saturated carbocycles. The molecule has 2 N–H and O–H groups in total. The first-order chi connectivity index (χ1) is 13.0. The average molecular weight is 383 g/mol. The highest BCUT2D eigenvalue weighted by atomic mass is 16.5. The van der Waals surface area contributed by atoms with Gasteiger partial charge in [0.25, 0.3) is 0 Å². The first kappa shape index (κ1) is 20.4. The summed E-state index contributed by atoms with van der Waals surface area (Å²) in [5.41, 5.74) is 0. The number of piperidine rings is 1. The van der Waals surface area contributed by atoms with E-state index in [4.69, 9.17) is 9.84 Å². The molecule has 2 saturated heterocycles. The van der Waals surface area contributed by atoms with Crippen molar-refractivity contribution in [3.8, 4) is 0 Å². The number of amides is 2. The predicted molar refractivity (Wildman–Crippen MR) is 102 cm³/mol. The molecule has 27 heavy (non-hydrogen) atoms. The van der Waals surface area contributed by atoms with Crippen LogP contribution in [-0.2, 0) is 9.53 Å². The number of carbonyl (C=O) groups excluding carboxylic acids is 1. The molecule has 2 aliphatic heterocycles. The molecule has 2 amide bonds. The van der Waals surface area contributed by atoms with E-state index in [2.05, 4.69) is 17.1 Å². The lowest BCUT2D eigenvalue weighted by Gasteiger charge is -2.44. The maximum atomic E-state index is 12.5. The number of ether oxygens (including phenoxy) is 1. The third kappa shape index (κ3) is 5.33. The minimum atomic E-state index is -0.790. The molecular weight excluding hydrogens is 348 g/mol. The number of carbonyl (C=O) groups is 2. The number of nitrogens with one attached hydrogen (secondary N) is 1. The number of rotatable bonds is 6. The third-order valence-electron chi connectivity index (χ3n) is 6.24. The molecule has 2 heterocycles. The number of nitrogens with zero attached hydrogens (tertiary/aromatic N) is 3. The number of morpholine rings is 1. The summed E-state index contributed by atoms with van der Waals surface area (Å²) in [6.45, 7) is 9.31. The monoisotopic (exact) mass is 382 g/mol. The summed E-state index contributed by atoms with van der Waals surface area (Å²) < 4.78 is 5.62. The van der Waals surface area contributed by atoms with Gasteiger partial charge in [0.1, 0.15) is 0 Å². The smallest absolute Gasteiger partial charge is 0.317 e. The largest absolute Gasteiger partial charge is 0.480 e. The summed E-state index contributed by atoms with van der Waals surface area (Å²) in [5.74, 6) is -0.790. The van der Waals surface area contributed by atoms with Gasteiger partial charge in [-0.3, -0.25) is 14.6 Å². The van der Waals surface area contributed by atoms with Crippen molar-refractivity contribution in [1.29, 1.82) is 0 Å². The highest BCUT2D eigenvalue weighted by Gasteiger charge is 2.36. The van der Waals surface area contributed by atoms with Crippen LogP contribution in [0.2, 0.25) is 0 Å². The second-order valence-corrected chi connectivity index (χ2v) is 8.12. The van der Waals surface area contributed by atoms with Crippen LogP contribution < -0.4 is 5.32 Å². The second-order valence-electron chi connectivity index (χ2n) is 8.12. The minimum Gasteiger partial charge on any atom is -0.480 e. The molecule has 8 nitrogen and oxygen atoms in total. The fourth-order valence-electron chi connectivity index (χ4n) is 4.55. The lowest BCUT2D eigenvalue weighted by molar-refractivity contribution is -0.139. The van der Waals surface area contributed by atoms with E-state index in [1.165, 1.54) is 0 Å². The SMILES string of the molecule is CCN(CC(=O)O)C1CC(NC(=O)N2CCC(N3CCOC(C)C3)CC2)C1. The quantitative estimate of drug-likeness (QED) is 0.707. The lowest BCUT2D eigenvalue weighted by atomic mass is 9.85. The van der Waals surface area contributed by atoms with E-state index in [0.717, 1.165) is 65.0 Å². The normalized spacial score (nSPS) is 30.2. The number of likely N-dealkylation sites (N-methyl/N-ethyl adjacent to an activating group) is 1. The molecule has 0 aromatic carbocycles. The number of hydrogen-bond acceptors (Lipinski definition) is 5. The predicted octanol–water partition coefficient (Wildman–Crippen LogP) is 0.819. The van der Waals surface area contributed by atoms with Crippen molar-refractivity contribution < 1.29 is 19.4 Å². The van der Waals surface area contributed by atoms with Crippen LogP contribution in [0.25, 0.3) is 0 Å². The van der Waals surface area contributed by atoms with Crippen LogP contribution in [0, 0.1) is 0 Å². The van der Waals surface area contributed by atoms with Crippen LogP contribution in [-0.4, -0.2) is 102 Å². The molecule has 3 aliphatic rings.